The summed E-state index contributed by atoms with van der Waals surface area (Å²) in [5, 5.41) is 11.8. The van der Waals surface area contributed by atoms with Crippen LogP contribution in [0, 0.1) is 0 Å². The Labute approximate surface area is 187 Å². The molecule has 0 atom stereocenters. The summed E-state index contributed by atoms with van der Waals surface area (Å²) in [5.41, 5.74) is 2.53. The molecule has 0 aliphatic heterocycles. The van der Waals surface area contributed by atoms with Crippen LogP contribution in [-0.4, -0.2) is 30.2 Å². The van der Waals surface area contributed by atoms with Gasteiger partial charge in [0.25, 0.3) is 5.91 Å². The second kappa shape index (κ2) is 10.0. The molecule has 32 heavy (non-hydrogen) atoms. The van der Waals surface area contributed by atoms with Gasteiger partial charge < -0.3 is 19.9 Å². The zero-order valence-electron chi connectivity index (χ0n) is 18.4. The van der Waals surface area contributed by atoms with Crippen LogP contribution >= 0.6 is 0 Å². The Morgan fingerprint density at radius 3 is 2.03 bits per heavy atom. The van der Waals surface area contributed by atoms with E-state index in [9.17, 15) is 9.59 Å². The van der Waals surface area contributed by atoms with Crippen LogP contribution in [0.3, 0.4) is 0 Å². The lowest BCUT2D eigenvalue weighted by molar-refractivity contribution is 0.0696. The van der Waals surface area contributed by atoms with Gasteiger partial charge in [-0.05, 0) is 59.5 Å². The molecule has 3 aromatic carbocycles. The molecule has 0 aliphatic carbocycles. The first kappa shape index (κ1) is 22.9. The molecule has 0 radical (unpaired) electrons. The molecule has 0 fully saturated rings. The number of carbonyl (C=O) groups is 2. The van der Waals surface area contributed by atoms with Crippen LogP contribution in [0.5, 0.6) is 11.5 Å². The average molecular weight is 434 g/mol. The Bertz CT molecular complexity index is 1070. The van der Waals surface area contributed by atoms with Crippen LogP contribution in [0.4, 0.5) is 5.69 Å². The summed E-state index contributed by atoms with van der Waals surface area (Å²) < 4.78 is 11.4. The van der Waals surface area contributed by atoms with Gasteiger partial charge in [0.15, 0.2) is 0 Å². The maximum Gasteiger partial charge on any atom is 0.335 e. The minimum absolute atomic E-state index is 0.0236. The first-order valence-corrected chi connectivity index (χ1v) is 10.3. The molecule has 6 heteroatoms. The minimum atomic E-state index is -0.983. The third kappa shape index (κ3) is 6.11. The van der Waals surface area contributed by atoms with Gasteiger partial charge in [-0.1, -0.05) is 45.0 Å². The number of hydrogen-bond donors (Lipinski definition) is 2. The number of carboxylic acid groups (broad SMARTS) is 1. The number of anilines is 1. The predicted octanol–water partition coefficient (Wildman–Crippen LogP) is 5.39. The summed E-state index contributed by atoms with van der Waals surface area (Å²) >= 11 is 0. The van der Waals surface area contributed by atoms with E-state index in [1.165, 1.54) is 12.1 Å². The van der Waals surface area contributed by atoms with Gasteiger partial charge in [-0.3, -0.25) is 4.79 Å². The van der Waals surface area contributed by atoms with Crippen LogP contribution in [0.25, 0.3) is 0 Å². The highest BCUT2D eigenvalue weighted by Gasteiger charge is 2.15. The normalized spacial score (nSPS) is 11.0. The fraction of sp³-hybridized carbons (Fsp3) is 0.231. The number of amides is 1. The van der Waals surface area contributed by atoms with Crippen molar-refractivity contribution in [3.8, 4) is 11.5 Å². The van der Waals surface area contributed by atoms with Crippen molar-refractivity contribution in [3.63, 3.8) is 0 Å². The highest BCUT2D eigenvalue weighted by atomic mass is 16.5. The average Bonchev–Trinajstić information content (AvgIpc) is 2.77. The van der Waals surface area contributed by atoms with Gasteiger partial charge >= 0.3 is 5.97 Å². The Morgan fingerprint density at radius 1 is 0.812 bits per heavy atom. The van der Waals surface area contributed by atoms with Crippen LogP contribution in [0.2, 0.25) is 0 Å². The topological polar surface area (TPSA) is 84.9 Å². The van der Waals surface area contributed by atoms with Crippen LogP contribution < -0.4 is 14.8 Å². The summed E-state index contributed by atoms with van der Waals surface area (Å²) in [6.45, 7) is 6.91. The third-order valence-corrected chi connectivity index (χ3v) is 4.86. The Kier molecular flexibility index (Phi) is 7.15. The lowest BCUT2D eigenvalue weighted by Crippen LogP contribution is -2.15. The molecule has 0 spiro atoms. The SMILES string of the molecule is CC(C)(C)c1ccc(C(=O)Nc2ccccc2OCCOc2ccc(C(=O)O)cc2)cc1. The van der Waals surface area contributed by atoms with Gasteiger partial charge in [0.05, 0.1) is 11.3 Å². The largest absolute Gasteiger partial charge is 0.490 e. The van der Waals surface area contributed by atoms with Gasteiger partial charge in [0.2, 0.25) is 0 Å². The van der Waals surface area contributed by atoms with Crippen molar-refractivity contribution in [1.82, 2.24) is 0 Å². The molecular formula is C26H27NO5. The molecule has 0 bridgehead atoms. The standard InChI is InChI=1S/C26H27NO5/c1-26(2,3)20-12-8-18(9-13-20)24(28)27-22-6-4-5-7-23(22)32-17-16-31-21-14-10-19(11-15-21)25(29)30/h4-15H,16-17H2,1-3H3,(H,27,28)(H,29,30). The van der Waals surface area contributed by atoms with E-state index in [2.05, 4.69) is 26.1 Å². The van der Waals surface area contributed by atoms with E-state index in [-0.39, 0.29) is 30.1 Å². The minimum Gasteiger partial charge on any atom is -0.490 e. The first-order valence-electron chi connectivity index (χ1n) is 10.3. The van der Waals surface area contributed by atoms with E-state index >= 15 is 0 Å². The van der Waals surface area contributed by atoms with Crippen molar-refractivity contribution in [2.45, 2.75) is 26.2 Å². The summed E-state index contributed by atoms with van der Waals surface area (Å²) in [5.74, 6) is -0.101. The number of ether oxygens (including phenoxy) is 2. The number of nitrogens with one attached hydrogen (secondary N) is 1. The van der Waals surface area contributed by atoms with E-state index in [0.29, 0.717) is 22.7 Å². The summed E-state index contributed by atoms with van der Waals surface area (Å²) in [7, 11) is 0. The van der Waals surface area contributed by atoms with Gasteiger partial charge in [0.1, 0.15) is 24.7 Å². The monoisotopic (exact) mass is 433 g/mol. The number of hydrogen-bond acceptors (Lipinski definition) is 4. The van der Waals surface area contributed by atoms with Crippen molar-refractivity contribution < 1.29 is 24.2 Å². The Balaban J connectivity index is 1.56. The summed E-state index contributed by atoms with van der Waals surface area (Å²) in [6, 6.07) is 21.0. The number of aromatic carboxylic acids is 1. The van der Waals surface area contributed by atoms with E-state index in [0.717, 1.165) is 5.56 Å². The van der Waals surface area contributed by atoms with E-state index in [1.54, 1.807) is 24.3 Å². The smallest absolute Gasteiger partial charge is 0.335 e. The number of benzene rings is 3. The van der Waals surface area contributed by atoms with Crippen molar-refractivity contribution in [1.29, 1.82) is 0 Å². The van der Waals surface area contributed by atoms with Crippen molar-refractivity contribution in [2.24, 2.45) is 0 Å². The van der Waals surface area contributed by atoms with Gasteiger partial charge in [-0.15, -0.1) is 0 Å². The van der Waals surface area contributed by atoms with E-state index < -0.39 is 5.97 Å². The van der Waals surface area contributed by atoms with E-state index in [4.69, 9.17) is 14.6 Å². The molecule has 6 nitrogen and oxygen atoms in total. The Hall–Kier alpha value is -3.80. The molecule has 2 N–H and O–H groups in total. The molecular weight excluding hydrogens is 406 g/mol. The zero-order valence-corrected chi connectivity index (χ0v) is 18.4. The molecule has 3 aromatic rings. The third-order valence-electron chi connectivity index (χ3n) is 4.86. The number of rotatable bonds is 8. The zero-order chi connectivity index (χ0) is 23.1. The molecule has 166 valence electrons. The highest BCUT2D eigenvalue weighted by molar-refractivity contribution is 6.05. The maximum absolute atomic E-state index is 12.7. The number of para-hydroxylation sites is 2. The molecule has 0 heterocycles. The van der Waals surface area contributed by atoms with Crippen molar-refractivity contribution >= 4 is 17.6 Å². The van der Waals surface area contributed by atoms with Gasteiger partial charge in [0, 0.05) is 5.56 Å². The quantitative estimate of drug-likeness (QED) is 0.465. The molecule has 0 unspecified atom stereocenters. The van der Waals surface area contributed by atoms with Crippen LogP contribution in [0.1, 0.15) is 47.1 Å². The molecule has 1 amide bonds. The van der Waals surface area contributed by atoms with Gasteiger partial charge in [-0.25, -0.2) is 4.79 Å². The van der Waals surface area contributed by atoms with Crippen molar-refractivity contribution in [2.75, 3.05) is 18.5 Å². The first-order chi connectivity index (χ1) is 15.2. The van der Waals surface area contributed by atoms with Crippen LogP contribution in [0.15, 0.2) is 72.8 Å². The molecule has 0 aromatic heterocycles. The maximum atomic E-state index is 12.7. The summed E-state index contributed by atoms with van der Waals surface area (Å²) in [4.78, 5) is 23.6. The fourth-order valence-corrected chi connectivity index (χ4v) is 3.02. The number of carboxylic acids is 1. The predicted molar refractivity (Wildman–Crippen MR) is 124 cm³/mol. The molecule has 3 rings (SSSR count). The second-order valence-electron chi connectivity index (χ2n) is 8.30. The number of carbonyl (C=O) groups excluding carboxylic acids is 1. The molecule has 0 saturated carbocycles. The summed E-state index contributed by atoms with van der Waals surface area (Å²) in [6.07, 6.45) is 0. The van der Waals surface area contributed by atoms with Crippen molar-refractivity contribution in [3.05, 3.63) is 89.5 Å². The van der Waals surface area contributed by atoms with Crippen LogP contribution in [-0.2, 0) is 5.41 Å². The van der Waals surface area contributed by atoms with Gasteiger partial charge in [-0.2, -0.15) is 0 Å². The molecule has 0 aliphatic rings. The Morgan fingerprint density at radius 2 is 1.41 bits per heavy atom. The molecule has 0 saturated heterocycles. The lowest BCUT2D eigenvalue weighted by atomic mass is 9.87. The lowest BCUT2D eigenvalue weighted by Gasteiger charge is -2.19. The fourth-order valence-electron chi connectivity index (χ4n) is 3.02. The highest BCUT2D eigenvalue weighted by Crippen LogP contribution is 2.26. The second-order valence-corrected chi connectivity index (χ2v) is 8.30. The van der Waals surface area contributed by atoms with E-state index in [1.807, 2.05) is 36.4 Å².